The van der Waals surface area contributed by atoms with Gasteiger partial charge < -0.3 is 0 Å². The van der Waals surface area contributed by atoms with Gasteiger partial charge in [0.2, 0.25) is 0 Å². The van der Waals surface area contributed by atoms with Crippen LogP contribution < -0.4 is 0 Å². The van der Waals surface area contributed by atoms with Crippen LogP contribution in [0.4, 0.5) is 0 Å². The van der Waals surface area contributed by atoms with Gasteiger partial charge in [0.25, 0.3) is 0 Å². The van der Waals surface area contributed by atoms with Gasteiger partial charge in [-0.2, -0.15) is 0 Å². The molecule has 0 bridgehead atoms. The van der Waals surface area contributed by atoms with E-state index in [0.29, 0.717) is 0 Å². The summed E-state index contributed by atoms with van der Waals surface area (Å²) in [7, 11) is 0. The first-order valence-corrected chi connectivity index (χ1v) is 38.7. The summed E-state index contributed by atoms with van der Waals surface area (Å²) in [6.07, 6.45) is 80.2. The second-order valence-corrected chi connectivity index (χ2v) is 28.5. The number of aromatic nitrogens is 2. The molecular weight excluding hydrogens is 1030 g/mol. The molecule has 80 heavy (non-hydrogen) atoms. The molecule has 0 amide bonds. The van der Waals surface area contributed by atoms with Gasteiger partial charge >= 0.3 is 0 Å². The van der Waals surface area contributed by atoms with Crippen molar-refractivity contribution in [3.05, 3.63) is 45.4 Å². The van der Waals surface area contributed by atoms with Crippen molar-refractivity contribution in [1.29, 1.82) is 0 Å². The van der Waals surface area contributed by atoms with Crippen LogP contribution in [0.1, 0.15) is 390 Å². The molecule has 0 aliphatic carbocycles. The van der Waals surface area contributed by atoms with Gasteiger partial charge in [0.1, 0.15) is 11.0 Å². The molecule has 0 radical (unpaired) electrons. The summed E-state index contributed by atoms with van der Waals surface area (Å²) in [4.78, 5) is 16.9. The second-order valence-electron chi connectivity index (χ2n) is 25.7. The Morgan fingerprint density at radius 3 is 0.775 bits per heavy atom. The van der Waals surface area contributed by atoms with Crippen molar-refractivity contribution < 1.29 is 0 Å². The van der Waals surface area contributed by atoms with Crippen LogP contribution in [-0.4, -0.2) is 9.97 Å². The van der Waals surface area contributed by atoms with Gasteiger partial charge in [-0.05, 0) is 79.5 Å². The maximum absolute atomic E-state index is 5.74. The largest absolute Gasteiger partial charge is 0.248 e. The van der Waals surface area contributed by atoms with E-state index in [1.165, 1.54) is 406 Å². The lowest BCUT2D eigenvalue weighted by Crippen LogP contribution is -2.03. The molecule has 0 aromatic carbocycles. The van der Waals surface area contributed by atoms with Crippen LogP contribution >= 0.6 is 34.0 Å². The van der Waals surface area contributed by atoms with E-state index >= 15 is 0 Å². The Labute approximate surface area is 510 Å². The number of unbranched alkanes of at least 4 members (excludes halogenated alkanes) is 51. The van der Waals surface area contributed by atoms with Crippen molar-refractivity contribution in [2.24, 2.45) is 0 Å². The van der Waals surface area contributed by atoms with E-state index in [4.69, 9.17) is 9.97 Å². The molecule has 4 rings (SSSR count). The van der Waals surface area contributed by atoms with E-state index in [0.717, 1.165) is 12.8 Å². The summed E-state index contributed by atoms with van der Waals surface area (Å²) >= 11 is 5.82. The highest BCUT2D eigenvalue weighted by molar-refractivity contribution is 7.27. The summed E-state index contributed by atoms with van der Waals surface area (Å²) < 4.78 is 0. The summed E-state index contributed by atoms with van der Waals surface area (Å²) in [5, 5.41) is 4.78. The molecule has 4 heterocycles. The number of fused-ring (bicyclic) bond motifs is 1. The van der Waals surface area contributed by atoms with Crippen molar-refractivity contribution in [3.63, 3.8) is 0 Å². The minimum Gasteiger partial charge on any atom is -0.248 e. The number of nitrogens with zero attached hydrogens (tertiary/aromatic N) is 2. The number of hydrogen-bond donors (Lipinski definition) is 0. The summed E-state index contributed by atoms with van der Waals surface area (Å²) in [5.41, 5.74) is 7.84. The van der Waals surface area contributed by atoms with Crippen LogP contribution in [-0.2, 0) is 19.3 Å². The van der Waals surface area contributed by atoms with Crippen molar-refractivity contribution >= 4 is 45.0 Å². The van der Waals surface area contributed by atoms with E-state index in [1.807, 2.05) is 34.0 Å². The van der Waals surface area contributed by atoms with Crippen LogP contribution in [0, 0.1) is 6.92 Å². The molecule has 0 saturated carbocycles. The molecule has 4 aromatic heterocycles. The van der Waals surface area contributed by atoms with Crippen molar-refractivity contribution in [1.82, 2.24) is 9.97 Å². The van der Waals surface area contributed by atoms with E-state index in [1.54, 1.807) is 0 Å². The van der Waals surface area contributed by atoms with E-state index in [-0.39, 0.29) is 0 Å². The zero-order valence-electron chi connectivity index (χ0n) is 53.7. The van der Waals surface area contributed by atoms with Crippen LogP contribution in [0.2, 0.25) is 0 Å². The minimum absolute atomic E-state index is 1.08. The summed E-state index contributed by atoms with van der Waals surface area (Å²) in [6, 6.07) is 4.92. The zero-order valence-corrected chi connectivity index (χ0v) is 56.2. The monoisotopic (exact) mass is 1150 g/mol. The lowest BCUT2D eigenvalue weighted by molar-refractivity contribution is 0.524. The van der Waals surface area contributed by atoms with Crippen LogP contribution in [0.25, 0.3) is 30.5 Å². The highest BCUT2D eigenvalue weighted by Gasteiger charge is 2.22. The van der Waals surface area contributed by atoms with Gasteiger partial charge in [-0.3, -0.25) is 0 Å². The first kappa shape index (κ1) is 70.9. The highest BCUT2D eigenvalue weighted by atomic mass is 32.1. The maximum Gasteiger partial charge on any atom is 0.109 e. The maximum atomic E-state index is 5.74. The van der Waals surface area contributed by atoms with Crippen LogP contribution in [0.5, 0.6) is 0 Å². The number of thiophene rings is 3. The molecule has 0 spiro atoms. The van der Waals surface area contributed by atoms with Gasteiger partial charge in [0.15, 0.2) is 0 Å². The predicted octanol–water partition coefficient (Wildman–Crippen LogP) is 28.2. The van der Waals surface area contributed by atoms with Gasteiger partial charge in [-0.15, -0.1) is 34.0 Å². The smallest absolute Gasteiger partial charge is 0.109 e. The summed E-state index contributed by atoms with van der Waals surface area (Å²) in [6.45, 7) is 9.20. The zero-order chi connectivity index (χ0) is 56.4. The molecule has 0 aliphatic rings. The third-order valence-corrected chi connectivity index (χ3v) is 21.4. The molecule has 4 aromatic rings. The fourth-order valence-electron chi connectivity index (χ4n) is 12.5. The Hall–Kier alpha value is -1.56. The predicted molar refractivity (Wildman–Crippen MR) is 366 cm³/mol. The third kappa shape index (κ3) is 34.4. The van der Waals surface area contributed by atoms with Crippen molar-refractivity contribution in [3.8, 4) is 19.5 Å². The molecule has 5 heteroatoms. The minimum atomic E-state index is 1.08. The lowest BCUT2D eigenvalue weighted by Gasteiger charge is -2.10. The topological polar surface area (TPSA) is 25.8 Å². The quantitative estimate of drug-likeness (QED) is 0.0412. The standard InChI is InChI=1S/C75H130N2S3/c1-5-8-11-14-17-20-23-26-29-32-35-38-41-44-47-50-53-56-59-67-63-71(79-65-67)75-73-72(74(80-75)70-62-66(4)64-78-70)76-68(60-57-54-51-48-45-42-39-36-33-30-27-24-21-18-15-12-9-6-2)69(77-73)61-58-55-52-49-46-43-40-37-34-31-28-25-22-19-16-13-10-7-3/h62-65H,5-61H2,1-4H3. The Morgan fingerprint density at radius 1 is 0.275 bits per heavy atom. The molecular formula is C75H130N2S3. The fraction of sp³-hybridized carbons (Fsp3) is 0.813. The first-order chi connectivity index (χ1) is 39.6. The third-order valence-electron chi connectivity index (χ3n) is 17.9. The van der Waals surface area contributed by atoms with E-state index < -0.39 is 0 Å². The summed E-state index contributed by atoms with van der Waals surface area (Å²) in [5.74, 6) is 0. The average Bonchev–Trinajstić information content (AvgIpc) is 4.35. The van der Waals surface area contributed by atoms with Gasteiger partial charge in [-0.25, -0.2) is 9.97 Å². The molecule has 0 fully saturated rings. The van der Waals surface area contributed by atoms with Gasteiger partial charge in [-0.1, -0.05) is 348 Å². The van der Waals surface area contributed by atoms with Gasteiger partial charge in [0, 0.05) is 9.75 Å². The SMILES string of the molecule is CCCCCCCCCCCCCCCCCCCCc1csc(-c2sc(-c3cc(C)cs3)c3nc(CCCCCCCCCCCCCCCCCCCC)c(CCCCCCCCCCCCCCCCCCCC)nc23)c1. The van der Waals surface area contributed by atoms with Crippen LogP contribution in [0.3, 0.4) is 0 Å². The molecule has 0 saturated heterocycles. The second kappa shape index (κ2) is 50.7. The normalized spacial score (nSPS) is 11.8. The Morgan fingerprint density at radius 2 is 0.512 bits per heavy atom. The molecule has 0 aliphatic heterocycles. The Balaban J connectivity index is 1.23. The Kier molecular flexibility index (Phi) is 45.0. The van der Waals surface area contributed by atoms with E-state index in [9.17, 15) is 0 Å². The van der Waals surface area contributed by atoms with Crippen LogP contribution in [0.15, 0.2) is 22.9 Å². The average molecular weight is 1160 g/mol. The highest BCUT2D eigenvalue weighted by Crippen LogP contribution is 2.46. The Bertz CT molecular complexity index is 1970. The molecule has 2 nitrogen and oxygen atoms in total. The van der Waals surface area contributed by atoms with Crippen molar-refractivity contribution in [2.45, 2.75) is 394 Å². The van der Waals surface area contributed by atoms with Crippen molar-refractivity contribution in [2.75, 3.05) is 0 Å². The first-order valence-electron chi connectivity index (χ1n) is 36.1. The van der Waals surface area contributed by atoms with E-state index in [2.05, 4.69) is 50.6 Å². The molecule has 458 valence electrons. The van der Waals surface area contributed by atoms with Gasteiger partial charge in [0.05, 0.1) is 21.1 Å². The molecule has 0 atom stereocenters. The lowest BCUT2D eigenvalue weighted by atomic mass is 10.0. The number of hydrogen-bond acceptors (Lipinski definition) is 5. The molecule has 0 N–H and O–H groups in total. The number of rotatable bonds is 59. The fourth-order valence-corrected chi connectivity index (χ4v) is 15.8. The molecule has 0 unspecified atom stereocenters. The number of aryl methyl sites for hydroxylation is 4.